The minimum absolute atomic E-state index is 0.0390. The monoisotopic (exact) mass is 411 g/mol. The van der Waals surface area contributed by atoms with E-state index < -0.39 is 7.14 Å². The summed E-state index contributed by atoms with van der Waals surface area (Å²) >= 11 is 0. The van der Waals surface area contributed by atoms with Crippen LogP contribution < -0.4 is 15.9 Å². The van der Waals surface area contributed by atoms with Crippen LogP contribution in [0.1, 0.15) is 29.9 Å². The van der Waals surface area contributed by atoms with Crippen LogP contribution in [0.3, 0.4) is 0 Å². The van der Waals surface area contributed by atoms with Gasteiger partial charge in [0.25, 0.3) is 0 Å². The Balaban J connectivity index is 1.87. The fraction of sp³-hybridized carbons (Fsp3) is 0.111. The Bertz CT molecular complexity index is 1060. The second-order valence-corrected chi connectivity index (χ2v) is 10.3. The van der Waals surface area contributed by atoms with Crippen molar-refractivity contribution in [2.75, 3.05) is 0 Å². The van der Waals surface area contributed by atoms with E-state index in [0.717, 1.165) is 16.2 Å². The van der Waals surface area contributed by atoms with Crippen LogP contribution in [0.2, 0.25) is 0 Å². The summed E-state index contributed by atoms with van der Waals surface area (Å²) < 4.78 is 15.0. The van der Waals surface area contributed by atoms with E-state index in [9.17, 15) is 0 Å². The van der Waals surface area contributed by atoms with Gasteiger partial charge in [-0.05, 0) is 18.1 Å². The van der Waals surface area contributed by atoms with Gasteiger partial charge in [0.15, 0.2) is 7.14 Å². The lowest BCUT2D eigenvalue weighted by Gasteiger charge is -2.32. The molecule has 4 rings (SSSR count). The number of nitrogens with one attached hydrogen (secondary N) is 1. The third-order valence-corrected chi connectivity index (χ3v) is 8.77. The molecule has 4 aromatic carbocycles. The second kappa shape index (κ2) is 9.26. The normalized spacial score (nSPS) is 13.5. The van der Waals surface area contributed by atoms with Crippen LogP contribution in [-0.2, 0) is 4.57 Å². The smallest absolute Gasteiger partial charge is 0.163 e. The van der Waals surface area contributed by atoms with Crippen molar-refractivity contribution in [3.8, 4) is 0 Å². The lowest BCUT2D eigenvalue weighted by molar-refractivity contribution is 0.523. The third-order valence-electron chi connectivity index (χ3n) is 5.47. The highest BCUT2D eigenvalue weighted by Crippen LogP contribution is 2.56. The molecule has 0 radical (unpaired) electrons. The van der Waals surface area contributed by atoms with Crippen molar-refractivity contribution in [2.45, 2.75) is 18.7 Å². The summed E-state index contributed by atoms with van der Waals surface area (Å²) in [7, 11) is -3.04. The van der Waals surface area contributed by atoms with Gasteiger partial charge in [-0.25, -0.2) is 0 Å². The maximum atomic E-state index is 15.0. The van der Waals surface area contributed by atoms with Crippen molar-refractivity contribution in [1.82, 2.24) is 5.32 Å². The molecule has 30 heavy (non-hydrogen) atoms. The Hall–Kier alpha value is -2.93. The summed E-state index contributed by atoms with van der Waals surface area (Å²) in [5, 5.41) is 5.44. The van der Waals surface area contributed by atoms with Gasteiger partial charge in [-0.1, -0.05) is 121 Å². The highest BCUT2D eigenvalue weighted by atomic mass is 31.2. The Kier molecular flexibility index (Phi) is 6.28. The summed E-state index contributed by atoms with van der Waals surface area (Å²) in [4.78, 5) is 0. The highest BCUT2D eigenvalue weighted by molar-refractivity contribution is 7.79. The highest BCUT2D eigenvalue weighted by Gasteiger charge is 2.38. The lowest BCUT2D eigenvalue weighted by Crippen LogP contribution is -2.32. The number of hydrogen-bond acceptors (Lipinski definition) is 2. The Labute approximate surface area is 179 Å². The molecule has 0 fully saturated rings. The molecular weight excluding hydrogens is 385 g/mol. The molecule has 2 atom stereocenters. The van der Waals surface area contributed by atoms with Gasteiger partial charge >= 0.3 is 0 Å². The summed E-state index contributed by atoms with van der Waals surface area (Å²) in [6.45, 7) is 2.13. The van der Waals surface area contributed by atoms with Crippen molar-refractivity contribution in [1.29, 1.82) is 0 Å². The third kappa shape index (κ3) is 4.16. The first-order chi connectivity index (χ1) is 14.7. The zero-order valence-corrected chi connectivity index (χ0v) is 18.0. The van der Waals surface area contributed by atoms with E-state index in [-0.39, 0.29) is 11.8 Å². The predicted octanol–water partition coefficient (Wildman–Crippen LogP) is 6.05. The first-order valence-corrected chi connectivity index (χ1v) is 12.0. The van der Waals surface area contributed by atoms with Crippen LogP contribution in [0.25, 0.3) is 0 Å². The quantitative estimate of drug-likeness (QED) is 0.375. The predicted molar refractivity (Wildman–Crippen MR) is 127 cm³/mol. The molecular formula is C27H26NOP. The SMILES string of the molecule is C[C@H](N[C@@H](c1ccccc1)P(=O)(c1ccccc1)c1ccccc1)c1ccccc1. The Morgan fingerprint density at radius 3 is 1.37 bits per heavy atom. The molecule has 150 valence electrons. The van der Waals surface area contributed by atoms with Crippen LogP contribution in [0.4, 0.5) is 0 Å². The number of rotatable bonds is 7. The average molecular weight is 411 g/mol. The minimum Gasteiger partial charge on any atom is -0.312 e. The summed E-state index contributed by atoms with van der Waals surface area (Å²) in [6, 6.07) is 40.2. The van der Waals surface area contributed by atoms with E-state index in [2.05, 4.69) is 36.5 Å². The van der Waals surface area contributed by atoms with Crippen molar-refractivity contribution in [3.05, 3.63) is 132 Å². The molecule has 0 spiro atoms. The number of hydrogen-bond donors (Lipinski definition) is 1. The number of benzene rings is 4. The molecule has 0 saturated heterocycles. The Morgan fingerprint density at radius 2 is 0.933 bits per heavy atom. The van der Waals surface area contributed by atoms with E-state index >= 15 is 4.57 Å². The van der Waals surface area contributed by atoms with Gasteiger partial charge in [-0.3, -0.25) is 5.32 Å². The second-order valence-electron chi connectivity index (χ2n) is 7.44. The summed E-state index contributed by atoms with van der Waals surface area (Å²) in [5.41, 5.74) is 2.20. The molecule has 0 aromatic heterocycles. The molecule has 0 unspecified atom stereocenters. The van der Waals surface area contributed by atoms with Crippen LogP contribution in [0, 0.1) is 0 Å². The molecule has 0 heterocycles. The molecule has 1 N–H and O–H groups in total. The van der Waals surface area contributed by atoms with Crippen LogP contribution in [0.15, 0.2) is 121 Å². The molecule has 2 nitrogen and oxygen atoms in total. The summed E-state index contributed by atoms with van der Waals surface area (Å²) in [5.74, 6) is -0.348. The molecule has 3 heteroatoms. The molecule has 0 aliphatic carbocycles. The molecule has 0 saturated carbocycles. The van der Waals surface area contributed by atoms with Gasteiger partial charge in [0.2, 0.25) is 0 Å². The first kappa shape index (κ1) is 20.3. The molecule has 4 aromatic rings. The van der Waals surface area contributed by atoms with E-state index in [1.54, 1.807) is 0 Å². The van der Waals surface area contributed by atoms with Crippen LogP contribution in [-0.4, -0.2) is 0 Å². The summed E-state index contributed by atoms with van der Waals surface area (Å²) in [6.07, 6.45) is 0. The fourth-order valence-electron chi connectivity index (χ4n) is 3.87. The van der Waals surface area contributed by atoms with Gasteiger partial charge in [-0.15, -0.1) is 0 Å². The molecule has 0 bridgehead atoms. The maximum Gasteiger partial charge on any atom is 0.163 e. The van der Waals surface area contributed by atoms with Crippen molar-refractivity contribution in [3.63, 3.8) is 0 Å². The van der Waals surface area contributed by atoms with Crippen LogP contribution >= 0.6 is 7.14 Å². The lowest BCUT2D eigenvalue weighted by atomic mass is 10.1. The van der Waals surface area contributed by atoms with Crippen LogP contribution in [0.5, 0.6) is 0 Å². The zero-order valence-electron chi connectivity index (χ0n) is 17.1. The van der Waals surface area contributed by atoms with E-state index in [4.69, 9.17) is 0 Å². The van der Waals surface area contributed by atoms with Crippen molar-refractivity contribution < 1.29 is 4.57 Å². The topological polar surface area (TPSA) is 29.1 Å². The first-order valence-electron chi connectivity index (χ1n) is 10.3. The van der Waals surface area contributed by atoms with E-state index in [0.29, 0.717) is 0 Å². The molecule has 0 aliphatic rings. The standard InChI is InChI=1S/C27H26NOP/c1-22(23-14-6-2-7-15-23)28-27(24-16-8-3-9-17-24)30(29,25-18-10-4-11-19-25)26-20-12-5-13-21-26/h2-22,27-28H,1H3/t22-,27+/m0/s1. The van der Waals surface area contributed by atoms with Crippen molar-refractivity contribution >= 4 is 17.8 Å². The minimum atomic E-state index is -3.04. The van der Waals surface area contributed by atoms with E-state index in [1.165, 1.54) is 5.56 Å². The fourth-order valence-corrected chi connectivity index (χ4v) is 7.02. The zero-order chi connectivity index (χ0) is 20.8. The van der Waals surface area contributed by atoms with Gasteiger partial charge in [0.1, 0.15) is 0 Å². The maximum absolute atomic E-state index is 15.0. The van der Waals surface area contributed by atoms with Gasteiger partial charge in [0, 0.05) is 16.7 Å². The average Bonchev–Trinajstić information content (AvgIpc) is 2.84. The van der Waals surface area contributed by atoms with Gasteiger partial charge in [0.05, 0.1) is 5.78 Å². The largest absolute Gasteiger partial charge is 0.312 e. The molecule has 0 aliphatic heterocycles. The Morgan fingerprint density at radius 1 is 0.567 bits per heavy atom. The van der Waals surface area contributed by atoms with E-state index in [1.807, 2.05) is 97.1 Å². The van der Waals surface area contributed by atoms with Crippen molar-refractivity contribution in [2.24, 2.45) is 0 Å². The van der Waals surface area contributed by atoms with Gasteiger partial charge in [-0.2, -0.15) is 0 Å². The molecule has 0 amide bonds. The van der Waals surface area contributed by atoms with Gasteiger partial charge < -0.3 is 4.57 Å².